The van der Waals surface area contributed by atoms with E-state index in [1.165, 1.54) is 45.3 Å². The highest BCUT2D eigenvalue weighted by molar-refractivity contribution is 7.89. The van der Waals surface area contributed by atoms with Gasteiger partial charge in [-0.25, -0.2) is 13.1 Å². The van der Waals surface area contributed by atoms with Gasteiger partial charge in [-0.3, -0.25) is 4.79 Å². The second-order valence-corrected chi connectivity index (χ2v) is 7.83. The highest BCUT2D eigenvalue weighted by atomic mass is 32.2. The zero-order valence-corrected chi connectivity index (χ0v) is 15.5. The first-order chi connectivity index (χ1) is 12.0. The van der Waals surface area contributed by atoms with Crippen LogP contribution >= 0.6 is 0 Å². The molecule has 0 saturated heterocycles. The monoisotopic (exact) mass is 370 g/mol. The van der Waals surface area contributed by atoms with Crippen LogP contribution in [0.5, 0.6) is 11.5 Å². The van der Waals surface area contributed by atoms with Crippen LogP contribution in [0.15, 0.2) is 23.1 Å². The largest absolute Gasteiger partial charge is 0.497 e. The summed E-state index contributed by atoms with van der Waals surface area (Å²) < 4.78 is 37.4. The van der Waals surface area contributed by atoms with Gasteiger partial charge in [0.25, 0.3) is 0 Å². The molecule has 1 fully saturated rings. The molecule has 0 atom stereocenters. The summed E-state index contributed by atoms with van der Waals surface area (Å²) in [4.78, 5) is 12.0. The first-order valence-corrected chi connectivity index (χ1v) is 9.95. The molecule has 0 aliphatic heterocycles. The molecule has 1 aromatic rings. The molecular weight excluding hydrogens is 344 g/mol. The number of carbonyl (C=O) groups excluding carboxylic acids is 1. The Kier molecular flexibility index (Phi) is 7.07. The zero-order valence-electron chi connectivity index (χ0n) is 14.7. The molecule has 140 valence electrons. The summed E-state index contributed by atoms with van der Waals surface area (Å²) in [5.41, 5.74) is 0. The normalized spacial score (nSPS) is 16.1. The lowest BCUT2D eigenvalue weighted by atomic mass is 10.1. The van der Waals surface area contributed by atoms with E-state index in [9.17, 15) is 13.2 Å². The first kappa shape index (κ1) is 19.5. The summed E-state index contributed by atoms with van der Waals surface area (Å²) >= 11 is 0. The number of nitrogens with one attached hydrogen (secondary N) is 2. The minimum Gasteiger partial charge on any atom is -0.497 e. The van der Waals surface area contributed by atoms with Crippen LogP contribution in [0.1, 0.15) is 38.5 Å². The van der Waals surface area contributed by atoms with Crippen molar-refractivity contribution in [2.24, 2.45) is 0 Å². The molecule has 1 aliphatic carbocycles. The molecule has 0 radical (unpaired) electrons. The maximum Gasteiger partial charge on any atom is 0.244 e. The molecule has 7 nitrogen and oxygen atoms in total. The second-order valence-electron chi connectivity index (χ2n) is 6.10. The fraction of sp³-hybridized carbons (Fsp3) is 0.588. The van der Waals surface area contributed by atoms with Gasteiger partial charge >= 0.3 is 0 Å². The fourth-order valence-electron chi connectivity index (χ4n) is 2.94. The van der Waals surface area contributed by atoms with Crippen LogP contribution < -0.4 is 19.5 Å². The minimum absolute atomic E-state index is 0.0296. The van der Waals surface area contributed by atoms with Crippen molar-refractivity contribution < 1.29 is 22.7 Å². The van der Waals surface area contributed by atoms with E-state index in [2.05, 4.69) is 10.0 Å². The van der Waals surface area contributed by atoms with Gasteiger partial charge in [0.15, 0.2) is 0 Å². The lowest BCUT2D eigenvalue weighted by Crippen LogP contribution is -2.41. The number of rotatable bonds is 7. The molecule has 1 amide bonds. The summed E-state index contributed by atoms with van der Waals surface area (Å²) in [6.07, 6.45) is 6.47. The number of hydrogen-bond acceptors (Lipinski definition) is 5. The number of ether oxygens (including phenoxy) is 2. The van der Waals surface area contributed by atoms with Crippen molar-refractivity contribution >= 4 is 15.9 Å². The molecule has 1 aromatic carbocycles. The first-order valence-electron chi connectivity index (χ1n) is 8.47. The third kappa shape index (κ3) is 5.61. The van der Waals surface area contributed by atoms with E-state index in [1.807, 2.05) is 0 Å². The van der Waals surface area contributed by atoms with Crippen molar-refractivity contribution in [1.29, 1.82) is 0 Å². The van der Waals surface area contributed by atoms with Crippen LogP contribution in [0.4, 0.5) is 0 Å². The van der Waals surface area contributed by atoms with Crippen LogP contribution in [0, 0.1) is 0 Å². The molecule has 0 spiro atoms. The maximum atomic E-state index is 12.5. The van der Waals surface area contributed by atoms with Gasteiger partial charge in [-0.1, -0.05) is 25.7 Å². The lowest BCUT2D eigenvalue weighted by Gasteiger charge is -2.17. The smallest absolute Gasteiger partial charge is 0.244 e. The van der Waals surface area contributed by atoms with E-state index < -0.39 is 10.0 Å². The predicted molar refractivity (Wildman–Crippen MR) is 94.4 cm³/mol. The molecule has 1 aliphatic rings. The Morgan fingerprint density at radius 1 is 1.12 bits per heavy atom. The molecule has 0 heterocycles. The van der Waals surface area contributed by atoms with E-state index in [0.29, 0.717) is 5.75 Å². The Hall–Kier alpha value is -1.80. The standard InChI is InChI=1S/C17H26N2O5S/c1-23-14-9-10-16(15(11-14)24-2)25(21,22)18-12-17(20)19-13-7-5-3-4-6-8-13/h9-11,13,18H,3-8,12H2,1-2H3,(H,19,20). The topological polar surface area (TPSA) is 93.7 Å². The van der Waals surface area contributed by atoms with Crippen molar-refractivity contribution in [3.8, 4) is 11.5 Å². The predicted octanol–water partition coefficient (Wildman–Crippen LogP) is 1.82. The van der Waals surface area contributed by atoms with Gasteiger partial charge in [0, 0.05) is 12.1 Å². The maximum absolute atomic E-state index is 12.5. The molecule has 8 heteroatoms. The average molecular weight is 370 g/mol. The van der Waals surface area contributed by atoms with Gasteiger partial charge in [0.2, 0.25) is 15.9 Å². The number of benzene rings is 1. The second kappa shape index (κ2) is 9.05. The fourth-order valence-corrected chi connectivity index (χ4v) is 4.07. The Morgan fingerprint density at radius 3 is 2.40 bits per heavy atom. The summed E-state index contributed by atoms with van der Waals surface area (Å²) in [5.74, 6) is 0.334. The van der Waals surface area contributed by atoms with E-state index in [-0.39, 0.29) is 29.1 Å². The van der Waals surface area contributed by atoms with Gasteiger partial charge < -0.3 is 14.8 Å². The zero-order chi connectivity index (χ0) is 18.3. The quantitative estimate of drug-likeness (QED) is 0.714. The van der Waals surface area contributed by atoms with Gasteiger partial charge in [-0.05, 0) is 25.0 Å². The number of sulfonamides is 1. The number of carbonyl (C=O) groups is 1. The van der Waals surface area contributed by atoms with E-state index in [1.54, 1.807) is 0 Å². The Labute approximate surface area is 149 Å². The van der Waals surface area contributed by atoms with Crippen LogP contribution in [-0.2, 0) is 14.8 Å². The number of amides is 1. The molecule has 25 heavy (non-hydrogen) atoms. The summed E-state index contributed by atoms with van der Waals surface area (Å²) in [6, 6.07) is 4.54. The lowest BCUT2D eigenvalue weighted by molar-refractivity contribution is -0.120. The van der Waals surface area contributed by atoms with Crippen molar-refractivity contribution in [2.45, 2.75) is 49.5 Å². The van der Waals surface area contributed by atoms with E-state index in [0.717, 1.165) is 25.7 Å². The third-order valence-electron chi connectivity index (χ3n) is 4.30. The van der Waals surface area contributed by atoms with Crippen LogP contribution in [-0.4, -0.2) is 41.1 Å². The SMILES string of the molecule is COc1ccc(S(=O)(=O)NCC(=O)NC2CCCCCC2)c(OC)c1. The average Bonchev–Trinajstić information content (AvgIpc) is 2.88. The number of hydrogen-bond donors (Lipinski definition) is 2. The summed E-state index contributed by atoms with van der Waals surface area (Å²) in [5, 5.41) is 2.91. The summed E-state index contributed by atoms with van der Waals surface area (Å²) in [7, 11) is -0.996. The molecule has 2 rings (SSSR count). The van der Waals surface area contributed by atoms with Gasteiger partial charge in [-0.2, -0.15) is 0 Å². The molecule has 0 unspecified atom stereocenters. The van der Waals surface area contributed by atoms with E-state index >= 15 is 0 Å². The number of methoxy groups -OCH3 is 2. The van der Waals surface area contributed by atoms with Crippen LogP contribution in [0.2, 0.25) is 0 Å². The van der Waals surface area contributed by atoms with E-state index in [4.69, 9.17) is 9.47 Å². The van der Waals surface area contributed by atoms with Crippen LogP contribution in [0.25, 0.3) is 0 Å². The Bertz CT molecular complexity index is 682. The highest BCUT2D eigenvalue weighted by Gasteiger charge is 2.22. The van der Waals surface area contributed by atoms with Gasteiger partial charge in [0.05, 0.1) is 20.8 Å². The Morgan fingerprint density at radius 2 is 1.80 bits per heavy atom. The van der Waals surface area contributed by atoms with Crippen LogP contribution in [0.3, 0.4) is 0 Å². The van der Waals surface area contributed by atoms with Gasteiger partial charge in [0.1, 0.15) is 16.4 Å². The minimum atomic E-state index is -3.86. The molecule has 1 saturated carbocycles. The van der Waals surface area contributed by atoms with Gasteiger partial charge in [-0.15, -0.1) is 0 Å². The molecular formula is C17H26N2O5S. The van der Waals surface area contributed by atoms with Crippen molar-refractivity contribution in [1.82, 2.24) is 10.0 Å². The molecule has 2 N–H and O–H groups in total. The summed E-state index contributed by atoms with van der Waals surface area (Å²) in [6.45, 7) is -0.298. The Balaban J connectivity index is 1.97. The highest BCUT2D eigenvalue weighted by Crippen LogP contribution is 2.28. The van der Waals surface area contributed by atoms with Crippen molar-refractivity contribution in [3.63, 3.8) is 0 Å². The molecule has 0 aromatic heterocycles. The van der Waals surface area contributed by atoms with Crippen molar-refractivity contribution in [3.05, 3.63) is 18.2 Å². The van der Waals surface area contributed by atoms with Crippen molar-refractivity contribution in [2.75, 3.05) is 20.8 Å². The third-order valence-corrected chi connectivity index (χ3v) is 5.74. The molecule has 0 bridgehead atoms.